The molecule has 0 atom stereocenters. The lowest BCUT2D eigenvalue weighted by atomic mass is 9.80. The summed E-state index contributed by atoms with van der Waals surface area (Å²) >= 11 is 0. The molecule has 0 heterocycles. The van der Waals surface area contributed by atoms with Gasteiger partial charge in [-0.1, -0.05) is 44.4 Å². The number of nitrogens with zero attached hydrogens (tertiary/aromatic N) is 1. The second kappa shape index (κ2) is 9.22. The molecule has 2 nitrogen and oxygen atoms in total. The highest BCUT2D eigenvalue weighted by atomic mass is 19.3. The Bertz CT molecular complexity index is 903. The summed E-state index contributed by atoms with van der Waals surface area (Å²) in [5.41, 5.74) is 3.15. The molecule has 0 N–H and O–H groups in total. The molecule has 0 radical (unpaired) electrons. The van der Waals surface area contributed by atoms with Gasteiger partial charge in [0.2, 0.25) is 0 Å². The lowest BCUT2D eigenvalue weighted by Crippen LogP contribution is -2.25. The maximum Gasteiger partial charge on any atom is 0.426 e. The van der Waals surface area contributed by atoms with Crippen LogP contribution >= 0.6 is 0 Å². The third kappa shape index (κ3) is 5.03. The molecular weight excluding hydrogens is 368 g/mol. The van der Waals surface area contributed by atoms with Crippen molar-refractivity contribution < 1.29 is 13.5 Å². The van der Waals surface area contributed by atoms with Crippen molar-refractivity contribution in [3.8, 4) is 11.8 Å². The fourth-order valence-electron chi connectivity index (χ4n) is 4.05. The van der Waals surface area contributed by atoms with Crippen LogP contribution in [0.2, 0.25) is 0 Å². The van der Waals surface area contributed by atoms with E-state index in [1.54, 1.807) is 6.07 Å². The maximum atomic E-state index is 15.2. The van der Waals surface area contributed by atoms with Crippen molar-refractivity contribution in [3.63, 3.8) is 0 Å². The van der Waals surface area contributed by atoms with E-state index in [9.17, 15) is 0 Å². The second-order valence-corrected chi connectivity index (χ2v) is 7.69. The minimum Gasteiger partial charge on any atom is -0.429 e. The minimum absolute atomic E-state index is 0.0507. The van der Waals surface area contributed by atoms with Crippen LogP contribution in [0.15, 0.2) is 48.5 Å². The first-order valence-corrected chi connectivity index (χ1v) is 10.3. The van der Waals surface area contributed by atoms with E-state index in [0.29, 0.717) is 11.1 Å². The number of hydrogen-bond acceptors (Lipinski definition) is 2. The number of ether oxygens (including phenoxy) is 1. The Labute approximate surface area is 171 Å². The molecule has 3 rings (SSSR count). The largest absolute Gasteiger partial charge is 0.429 e. The van der Waals surface area contributed by atoms with Gasteiger partial charge in [0.1, 0.15) is 5.75 Å². The number of nitriles is 1. The highest BCUT2D eigenvalue weighted by Gasteiger charge is 2.38. The molecule has 0 unspecified atom stereocenters. The van der Waals surface area contributed by atoms with Crippen LogP contribution in [0.4, 0.5) is 8.78 Å². The predicted octanol–water partition coefficient (Wildman–Crippen LogP) is 7.55. The molecule has 0 amide bonds. The molecule has 29 heavy (non-hydrogen) atoms. The maximum absolute atomic E-state index is 15.2. The van der Waals surface area contributed by atoms with Gasteiger partial charge in [0.05, 0.1) is 17.2 Å². The van der Waals surface area contributed by atoms with Crippen molar-refractivity contribution in [1.82, 2.24) is 0 Å². The number of allylic oxidation sites excluding steroid dienone is 2. The molecule has 2 aromatic carbocycles. The summed E-state index contributed by atoms with van der Waals surface area (Å²) in [6.07, 6.45) is 4.75. The molecule has 4 heteroatoms. The van der Waals surface area contributed by atoms with Crippen LogP contribution in [-0.2, 0) is 6.11 Å². The third-order valence-electron chi connectivity index (χ3n) is 5.61. The summed E-state index contributed by atoms with van der Waals surface area (Å²) < 4.78 is 35.5. The van der Waals surface area contributed by atoms with E-state index in [4.69, 9.17) is 10.00 Å². The van der Waals surface area contributed by atoms with Gasteiger partial charge in [0, 0.05) is 0 Å². The average molecular weight is 395 g/mol. The molecule has 0 bridgehead atoms. The molecule has 0 aliphatic heterocycles. The monoisotopic (exact) mass is 395 g/mol. The Morgan fingerprint density at radius 3 is 2.45 bits per heavy atom. The second-order valence-electron chi connectivity index (χ2n) is 7.69. The summed E-state index contributed by atoms with van der Waals surface area (Å²) in [7, 11) is 0. The van der Waals surface area contributed by atoms with Crippen molar-refractivity contribution >= 4 is 5.57 Å². The molecule has 0 aromatic heterocycles. The van der Waals surface area contributed by atoms with Crippen LogP contribution in [0.3, 0.4) is 0 Å². The van der Waals surface area contributed by atoms with Crippen molar-refractivity contribution in [1.29, 1.82) is 5.26 Å². The molecule has 1 aliphatic carbocycles. The summed E-state index contributed by atoms with van der Waals surface area (Å²) in [5, 5.41) is 8.89. The van der Waals surface area contributed by atoms with Crippen molar-refractivity contribution in [2.45, 2.75) is 64.4 Å². The highest BCUT2D eigenvalue weighted by Crippen LogP contribution is 2.42. The quantitative estimate of drug-likeness (QED) is 0.506. The Morgan fingerprint density at radius 2 is 1.83 bits per heavy atom. The van der Waals surface area contributed by atoms with Gasteiger partial charge in [-0.3, -0.25) is 0 Å². The Kier molecular flexibility index (Phi) is 6.69. The first-order valence-electron chi connectivity index (χ1n) is 10.3. The third-order valence-corrected chi connectivity index (χ3v) is 5.61. The van der Waals surface area contributed by atoms with E-state index in [-0.39, 0.29) is 17.2 Å². The van der Waals surface area contributed by atoms with Gasteiger partial charge in [0.25, 0.3) is 0 Å². The number of rotatable bonds is 6. The molecule has 1 fully saturated rings. The van der Waals surface area contributed by atoms with E-state index in [1.807, 2.05) is 19.1 Å². The smallest absolute Gasteiger partial charge is 0.426 e. The summed E-state index contributed by atoms with van der Waals surface area (Å²) in [6.45, 7) is 4.09. The lowest BCUT2D eigenvalue weighted by Gasteiger charge is -2.28. The molecule has 1 aliphatic rings. The van der Waals surface area contributed by atoms with E-state index < -0.39 is 6.11 Å². The van der Waals surface area contributed by atoms with E-state index >= 15 is 8.78 Å². The normalized spacial score (nSPS) is 15.8. The number of alkyl halides is 2. The molecule has 0 spiro atoms. The van der Waals surface area contributed by atoms with Gasteiger partial charge in [0.15, 0.2) is 0 Å². The van der Waals surface area contributed by atoms with Gasteiger partial charge < -0.3 is 4.74 Å². The first kappa shape index (κ1) is 21.0. The number of benzene rings is 2. The zero-order valence-corrected chi connectivity index (χ0v) is 17.1. The summed E-state index contributed by atoms with van der Waals surface area (Å²) in [6, 6.07) is 13.0. The Morgan fingerprint density at radius 1 is 1.14 bits per heavy atom. The average Bonchev–Trinajstić information content (AvgIpc) is 2.74. The molecular formula is C25H27F2NO. The highest BCUT2D eigenvalue weighted by molar-refractivity contribution is 5.65. The molecule has 152 valence electrons. The Hall–Kier alpha value is -2.67. The zero-order valence-electron chi connectivity index (χ0n) is 17.1. The van der Waals surface area contributed by atoms with Crippen LogP contribution in [0.25, 0.3) is 5.57 Å². The van der Waals surface area contributed by atoms with Crippen molar-refractivity contribution in [2.24, 2.45) is 0 Å². The number of hydrogen-bond donors (Lipinski definition) is 0. The molecule has 0 saturated heterocycles. The van der Waals surface area contributed by atoms with Gasteiger partial charge in [-0.15, -0.1) is 0 Å². The van der Waals surface area contributed by atoms with Crippen LogP contribution in [0.1, 0.15) is 80.5 Å². The van der Waals surface area contributed by atoms with Gasteiger partial charge >= 0.3 is 6.11 Å². The SMILES string of the molecule is CC/C=C(/C)c1ccc(C(F)(F)Oc2ccc(C#N)cc2)c(C2CCCCC2)c1. The van der Waals surface area contributed by atoms with Crippen molar-refractivity contribution in [3.05, 3.63) is 70.8 Å². The topological polar surface area (TPSA) is 33.0 Å². The zero-order chi connectivity index (χ0) is 20.9. The van der Waals surface area contributed by atoms with Crippen LogP contribution in [0.5, 0.6) is 5.75 Å². The van der Waals surface area contributed by atoms with E-state index in [2.05, 4.69) is 13.0 Å². The van der Waals surface area contributed by atoms with Gasteiger partial charge in [-0.05, 0) is 79.1 Å². The van der Waals surface area contributed by atoms with Crippen LogP contribution in [-0.4, -0.2) is 0 Å². The molecule has 2 aromatic rings. The fraction of sp³-hybridized carbons (Fsp3) is 0.400. The van der Waals surface area contributed by atoms with Gasteiger partial charge in [-0.2, -0.15) is 14.0 Å². The van der Waals surface area contributed by atoms with Gasteiger partial charge in [-0.25, -0.2) is 0 Å². The standard InChI is InChI=1S/C25H27F2NO/c1-3-7-18(2)21-12-15-24(23(16-21)20-8-5-4-6-9-20)25(26,27)29-22-13-10-19(17-28)11-14-22/h7,10-16,20H,3-6,8-9H2,1-2H3/b18-7-. The minimum atomic E-state index is -3.44. The van der Waals surface area contributed by atoms with Crippen LogP contribution < -0.4 is 4.74 Å². The summed E-state index contributed by atoms with van der Waals surface area (Å²) in [5.74, 6) is 0.179. The number of halogens is 2. The van der Waals surface area contributed by atoms with E-state index in [1.165, 1.54) is 36.8 Å². The fourth-order valence-corrected chi connectivity index (χ4v) is 4.05. The van der Waals surface area contributed by atoms with Crippen LogP contribution in [0, 0.1) is 11.3 Å². The predicted molar refractivity (Wildman–Crippen MR) is 112 cm³/mol. The lowest BCUT2D eigenvalue weighted by molar-refractivity contribution is -0.186. The van der Waals surface area contributed by atoms with Crippen molar-refractivity contribution in [2.75, 3.05) is 0 Å². The Balaban J connectivity index is 1.98. The first-order chi connectivity index (χ1) is 13.9. The summed E-state index contributed by atoms with van der Waals surface area (Å²) in [4.78, 5) is 0. The van der Waals surface area contributed by atoms with E-state index in [0.717, 1.165) is 43.2 Å². The molecule has 1 saturated carbocycles.